The molecule has 0 aliphatic carbocycles. The van der Waals surface area contributed by atoms with Gasteiger partial charge in [-0.25, -0.2) is 0 Å². The molecule has 1 aromatic rings. The summed E-state index contributed by atoms with van der Waals surface area (Å²) in [7, 11) is 1.66. The van der Waals surface area contributed by atoms with Crippen molar-refractivity contribution in [2.45, 2.75) is 19.4 Å². The quantitative estimate of drug-likeness (QED) is 0.926. The van der Waals surface area contributed by atoms with Crippen molar-refractivity contribution < 1.29 is 4.79 Å². The molecule has 1 aliphatic heterocycles. The Morgan fingerprint density at radius 3 is 2.94 bits per heavy atom. The van der Waals surface area contributed by atoms with E-state index in [9.17, 15) is 4.79 Å². The smallest absolute Gasteiger partial charge is 0.221 e. The zero-order valence-electron chi connectivity index (χ0n) is 10.3. The lowest BCUT2D eigenvalue weighted by Gasteiger charge is -2.29. The lowest BCUT2D eigenvalue weighted by molar-refractivity contribution is -0.121. The predicted octanol–water partition coefficient (Wildman–Crippen LogP) is 2.49. The fourth-order valence-corrected chi connectivity index (χ4v) is 2.87. The van der Waals surface area contributed by atoms with Gasteiger partial charge in [-0.2, -0.15) is 0 Å². The van der Waals surface area contributed by atoms with E-state index < -0.39 is 0 Å². The van der Waals surface area contributed by atoms with Crippen LogP contribution in [0.1, 0.15) is 17.5 Å². The first kappa shape index (κ1) is 13.7. The molecule has 1 amide bonds. The Morgan fingerprint density at radius 1 is 1.44 bits per heavy atom. The Bertz CT molecular complexity index is 463. The third-order valence-electron chi connectivity index (χ3n) is 3.26. The second-order valence-electron chi connectivity index (χ2n) is 4.47. The van der Waals surface area contributed by atoms with Crippen LogP contribution in [-0.2, 0) is 17.8 Å². The SMILES string of the molecule is CNC(=O)CCN1CCc2c(Cl)cc(Cl)cc2C1. The van der Waals surface area contributed by atoms with Crippen molar-refractivity contribution in [3.8, 4) is 0 Å². The van der Waals surface area contributed by atoms with E-state index in [2.05, 4.69) is 10.2 Å². The monoisotopic (exact) mass is 286 g/mol. The van der Waals surface area contributed by atoms with Crippen LogP contribution in [-0.4, -0.2) is 30.9 Å². The van der Waals surface area contributed by atoms with Crippen molar-refractivity contribution in [1.29, 1.82) is 0 Å². The van der Waals surface area contributed by atoms with Crippen molar-refractivity contribution in [2.75, 3.05) is 20.1 Å². The first-order chi connectivity index (χ1) is 8.60. The van der Waals surface area contributed by atoms with Crippen molar-refractivity contribution in [1.82, 2.24) is 10.2 Å². The second kappa shape index (κ2) is 5.91. The summed E-state index contributed by atoms with van der Waals surface area (Å²) in [5.74, 6) is 0.0740. The molecule has 1 N–H and O–H groups in total. The van der Waals surface area contributed by atoms with Crippen LogP contribution in [0.3, 0.4) is 0 Å². The van der Waals surface area contributed by atoms with E-state index in [4.69, 9.17) is 23.2 Å². The van der Waals surface area contributed by atoms with Crippen molar-refractivity contribution in [3.05, 3.63) is 33.3 Å². The minimum Gasteiger partial charge on any atom is -0.359 e. The summed E-state index contributed by atoms with van der Waals surface area (Å²) >= 11 is 12.2. The van der Waals surface area contributed by atoms with Gasteiger partial charge in [0.05, 0.1) is 0 Å². The largest absolute Gasteiger partial charge is 0.359 e. The van der Waals surface area contributed by atoms with Gasteiger partial charge in [-0.05, 0) is 29.7 Å². The number of fused-ring (bicyclic) bond motifs is 1. The third kappa shape index (κ3) is 3.16. The molecule has 5 heteroatoms. The van der Waals surface area contributed by atoms with Gasteiger partial charge in [0.25, 0.3) is 0 Å². The molecule has 1 aliphatic rings. The van der Waals surface area contributed by atoms with Crippen LogP contribution < -0.4 is 5.32 Å². The van der Waals surface area contributed by atoms with Crippen LogP contribution in [0, 0.1) is 0 Å². The van der Waals surface area contributed by atoms with Crippen LogP contribution in [0.15, 0.2) is 12.1 Å². The highest BCUT2D eigenvalue weighted by Gasteiger charge is 2.19. The maximum atomic E-state index is 11.2. The zero-order chi connectivity index (χ0) is 13.1. The van der Waals surface area contributed by atoms with Gasteiger partial charge in [-0.3, -0.25) is 9.69 Å². The summed E-state index contributed by atoms with van der Waals surface area (Å²) < 4.78 is 0. The van der Waals surface area contributed by atoms with E-state index in [1.165, 1.54) is 11.1 Å². The molecule has 1 heterocycles. The lowest BCUT2D eigenvalue weighted by Crippen LogP contribution is -2.34. The number of carbonyl (C=O) groups excluding carboxylic acids is 1. The molecule has 0 saturated heterocycles. The minimum atomic E-state index is 0.0740. The minimum absolute atomic E-state index is 0.0740. The van der Waals surface area contributed by atoms with Gasteiger partial charge in [0.15, 0.2) is 0 Å². The summed E-state index contributed by atoms with van der Waals surface area (Å²) in [6.45, 7) is 2.52. The molecule has 3 nitrogen and oxygen atoms in total. The summed E-state index contributed by atoms with van der Waals surface area (Å²) in [6, 6.07) is 3.76. The summed E-state index contributed by atoms with van der Waals surface area (Å²) in [6.07, 6.45) is 1.44. The van der Waals surface area contributed by atoms with Crippen molar-refractivity contribution in [2.24, 2.45) is 0 Å². The third-order valence-corrected chi connectivity index (χ3v) is 3.81. The molecule has 0 unspecified atom stereocenters. The van der Waals surface area contributed by atoms with E-state index in [1.807, 2.05) is 6.07 Å². The number of rotatable bonds is 3. The Hall–Kier alpha value is -0.770. The van der Waals surface area contributed by atoms with Crippen LogP contribution in [0.4, 0.5) is 0 Å². The summed E-state index contributed by atoms with van der Waals surface area (Å²) in [4.78, 5) is 13.5. The first-order valence-corrected chi connectivity index (χ1v) is 6.75. The molecule has 0 bridgehead atoms. The van der Waals surface area contributed by atoms with Crippen LogP contribution in [0.2, 0.25) is 10.0 Å². The number of halogens is 2. The maximum absolute atomic E-state index is 11.2. The zero-order valence-corrected chi connectivity index (χ0v) is 11.8. The topological polar surface area (TPSA) is 32.3 Å². The number of hydrogen-bond donors (Lipinski definition) is 1. The highest BCUT2D eigenvalue weighted by Crippen LogP contribution is 2.29. The van der Waals surface area contributed by atoms with Crippen LogP contribution in [0.25, 0.3) is 0 Å². The Morgan fingerprint density at radius 2 is 2.22 bits per heavy atom. The van der Waals surface area contributed by atoms with Crippen molar-refractivity contribution >= 4 is 29.1 Å². The fraction of sp³-hybridized carbons (Fsp3) is 0.462. The molecule has 18 heavy (non-hydrogen) atoms. The second-order valence-corrected chi connectivity index (χ2v) is 5.32. The average Bonchev–Trinajstić information content (AvgIpc) is 2.35. The molecule has 0 saturated carbocycles. The van der Waals surface area contributed by atoms with E-state index in [0.717, 1.165) is 31.1 Å². The van der Waals surface area contributed by atoms with Gasteiger partial charge >= 0.3 is 0 Å². The van der Waals surface area contributed by atoms with E-state index in [1.54, 1.807) is 13.1 Å². The van der Waals surface area contributed by atoms with E-state index >= 15 is 0 Å². The fourth-order valence-electron chi connectivity index (χ4n) is 2.24. The molecule has 2 rings (SSSR count). The Kier molecular flexibility index (Phi) is 4.49. The number of benzene rings is 1. The number of nitrogens with zero attached hydrogens (tertiary/aromatic N) is 1. The number of carbonyl (C=O) groups is 1. The Balaban J connectivity index is 2.03. The van der Waals surface area contributed by atoms with Gasteiger partial charge in [-0.15, -0.1) is 0 Å². The molecule has 0 fully saturated rings. The molecule has 98 valence electrons. The lowest BCUT2D eigenvalue weighted by atomic mass is 9.99. The maximum Gasteiger partial charge on any atom is 0.221 e. The van der Waals surface area contributed by atoms with E-state index in [0.29, 0.717) is 11.4 Å². The van der Waals surface area contributed by atoms with Gasteiger partial charge in [-0.1, -0.05) is 23.2 Å². The van der Waals surface area contributed by atoms with Crippen LogP contribution in [0.5, 0.6) is 0 Å². The summed E-state index contributed by atoms with van der Waals surface area (Å²) in [5.41, 5.74) is 2.37. The molecular formula is C13H16Cl2N2O. The standard InChI is InChI=1S/C13H16Cl2N2O/c1-16-13(18)3-5-17-4-2-11-9(8-17)6-10(14)7-12(11)15/h6-7H,2-5,8H2,1H3,(H,16,18). The molecule has 0 atom stereocenters. The number of hydrogen-bond acceptors (Lipinski definition) is 2. The number of amides is 1. The first-order valence-electron chi connectivity index (χ1n) is 6.00. The van der Waals surface area contributed by atoms with Gasteiger partial charge in [0, 0.05) is 43.1 Å². The van der Waals surface area contributed by atoms with Gasteiger partial charge in [0.1, 0.15) is 0 Å². The van der Waals surface area contributed by atoms with Crippen LogP contribution >= 0.6 is 23.2 Å². The molecule has 0 spiro atoms. The highest BCUT2D eigenvalue weighted by atomic mass is 35.5. The molecular weight excluding hydrogens is 271 g/mol. The summed E-state index contributed by atoms with van der Waals surface area (Å²) in [5, 5.41) is 4.06. The number of nitrogens with one attached hydrogen (secondary N) is 1. The average molecular weight is 287 g/mol. The Labute approximate surface area is 117 Å². The van der Waals surface area contributed by atoms with E-state index in [-0.39, 0.29) is 5.91 Å². The van der Waals surface area contributed by atoms with Crippen molar-refractivity contribution in [3.63, 3.8) is 0 Å². The molecule has 1 aromatic carbocycles. The normalized spacial score (nSPS) is 15.3. The predicted molar refractivity (Wildman–Crippen MR) is 74.1 cm³/mol. The highest BCUT2D eigenvalue weighted by molar-refractivity contribution is 6.35. The molecule has 0 radical (unpaired) electrons. The molecule has 0 aromatic heterocycles. The van der Waals surface area contributed by atoms with Gasteiger partial charge in [0.2, 0.25) is 5.91 Å². The van der Waals surface area contributed by atoms with Gasteiger partial charge < -0.3 is 5.32 Å².